The van der Waals surface area contributed by atoms with Crippen molar-refractivity contribution in [3.8, 4) is 5.75 Å². The standard InChI is InChI=1S/C35H44N4O5S2/c1-23-7-13-29-24(18-23)15-16-45-35(29)21-39-20-26-8-12-28(26)31(43-2)6-4-3-5-17-46(42,38-34(41)36-27-10-11-27)37-33(40)25-9-14-32(44-22-35)30(39)19-25/h4,6-7,9,13-14,18-19,26-28,31H,3,5,8,10-12,15-17,20-22H2,1-2H3,(H2,36,37,38,40,41,42)/b6-4+/t26-,28+,31-,35+,46-/m0/s1. The zero-order valence-electron chi connectivity index (χ0n) is 26.7. The van der Waals surface area contributed by atoms with Gasteiger partial charge in [0.15, 0.2) is 0 Å². The fraction of sp³-hybridized carbons (Fsp3) is 0.543. The van der Waals surface area contributed by atoms with Crippen LogP contribution >= 0.6 is 11.8 Å². The predicted molar refractivity (Wildman–Crippen MR) is 183 cm³/mol. The Morgan fingerprint density at radius 1 is 1.17 bits per heavy atom. The molecule has 9 nitrogen and oxygen atoms in total. The van der Waals surface area contributed by atoms with Crippen LogP contribution < -0.4 is 19.7 Å². The number of thioether (sulfide) groups is 1. The summed E-state index contributed by atoms with van der Waals surface area (Å²) >= 11 is 1.97. The molecule has 3 heterocycles. The highest BCUT2D eigenvalue weighted by Crippen LogP contribution is 2.49. The van der Waals surface area contributed by atoms with E-state index in [4.69, 9.17) is 9.47 Å². The van der Waals surface area contributed by atoms with Crippen LogP contribution in [-0.2, 0) is 25.8 Å². The van der Waals surface area contributed by atoms with E-state index in [9.17, 15) is 13.8 Å². The van der Waals surface area contributed by atoms with E-state index in [0.717, 1.165) is 62.4 Å². The van der Waals surface area contributed by atoms with Gasteiger partial charge in [-0.2, -0.15) is 0 Å². The second-order valence-corrected chi connectivity index (χ2v) is 17.0. The topological polar surface area (TPSA) is 109 Å². The monoisotopic (exact) mass is 664 g/mol. The number of benzene rings is 2. The summed E-state index contributed by atoms with van der Waals surface area (Å²) in [5.74, 6) is 2.03. The van der Waals surface area contributed by atoms with Crippen LogP contribution in [0.1, 0.15) is 65.6 Å². The Hall–Kier alpha value is -3.02. The SMILES string of the molecule is CO[C@H]1/C=C/CCC[S@@](=O)(NC(=O)NC2CC2)=NC(=O)c2ccc3c(c2)N(C[C@@H]2CC[C@H]21)C[C@]1(CO3)SCCc2cc(C)ccc21. The van der Waals surface area contributed by atoms with Gasteiger partial charge in [-0.05, 0) is 98.8 Å². The summed E-state index contributed by atoms with van der Waals surface area (Å²) in [5.41, 5.74) is 5.17. The molecule has 0 unspecified atom stereocenters. The highest BCUT2D eigenvalue weighted by molar-refractivity contribution is 8.00. The molecule has 7 rings (SSSR count). The normalized spacial score (nSPS) is 31.7. The molecule has 0 radical (unpaired) electrons. The van der Waals surface area contributed by atoms with Gasteiger partial charge in [-0.15, -0.1) is 16.1 Å². The van der Waals surface area contributed by atoms with Crippen molar-refractivity contribution in [1.82, 2.24) is 10.0 Å². The molecule has 2 bridgehead atoms. The molecular weight excluding hydrogens is 621 g/mol. The second kappa shape index (κ2) is 12.9. The number of rotatable bonds is 3. The zero-order chi connectivity index (χ0) is 31.9. The molecule has 46 heavy (non-hydrogen) atoms. The largest absolute Gasteiger partial charge is 0.490 e. The summed E-state index contributed by atoms with van der Waals surface area (Å²) in [7, 11) is -1.59. The lowest BCUT2D eigenvalue weighted by Crippen LogP contribution is -2.48. The van der Waals surface area contributed by atoms with Crippen LogP contribution in [0.5, 0.6) is 5.75 Å². The Morgan fingerprint density at radius 3 is 2.83 bits per heavy atom. The van der Waals surface area contributed by atoms with Crippen molar-refractivity contribution in [1.29, 1.82) is 0 Å². The molecule has 246 valence electrons. The number of ether oxygens (including phenoxy) is 2. The van der Waals surface area contributed by atoms with Crippen LogP contribution in [-0.4, -0.2) is 66.6 Å². The van der Waals surface area contributed by atoms with Crippen molar-refractivity contribution in [2.24, 2.45) is 16.2 Å². The lowest BCUT2D eigenvalue weighted by atomic mass is 9.70. The smallest absolute Gasteiger partial charge is 0.327 e. The molecule has 11 heteroatoms. The summed E-state index contributed by atoms with van der Waals surface area (Å²) in [6.45, 7) is 4.23. The van der Waals surface area contributed by atoms with Gasteiger partial charge in [0, 0.05) is 31.8 Å². The lowest BCUT2D eigenvalue weighted by Gasteiger charge is -2.45. The summed E-state index contributed by atoms with van der Waals surface area (Å²) < 4.78 is 33.1. The molecule has 5 atom stereocenters. The maximum Gasteiger partial charge on any atom is 0.327 e. The minimum atomic E-state index is -3.36. The molecule has 5 aliphatic rings. The lowest BCUT2D eigenvalue weighted by molar-refractivity contribution is 0.0134. The molecule has 3 aliphatic heterocycles. The van der Waals surface area contributed by atoms with E-state index in [1.165, 1.54) is 16.7 Å². The zero-order valence-corrected chi connectivity index (χ0v) is 28.3. The number of nitrogens with one attached hydrogen (secondary N) is 2. The van der Waals surface area contributed by atoms with E-state index in [1.807, 2.05) is 23.9 Å². The number of carbonyl (C=O) groups excluding carboxylic acids is 2. The van der Waals surface area contributed by atoms with Crippen LogP contribution in [0, 0.1) is 18.8 Å². The molecule has 2 aromatic carbocycles. The Bertz CT molecular complexity index is 1670. The summed E-state index contributed by atoms with van der Waals surface area (Å²) in [4.78, 5) is 28.8. The molecule has 2 aromatic rings. The Labute approximate surface area is 276 Å². The third-order valence-electron chi connectivity index (χ3n) is 10.1. The fourth-order valence-corrected chi connectivity index (χ4v) is 10.3. The highest BCUT2D eigenvalue weighted by atomic mass is 32.2. The van der Waals surface area contributed by atoms with Crippen LogP contribution in [0.2, 0.25) is 0 Å². The third-order valence-corrected chi connectivity index (χ3v) is 13.3. The number of urea groups is 1. The van der Waals surface area contributed by atoms with Crippen molar-refractivity contribution in [2.75, 3.05) is 43.2 Å². The average molecular weight is 665 g/mol. The van der Waals surface area contributed by atoms with Gasteiger partial charge in [-0.3, -0.25) is 9.52 Å². The molecule has 2 N–H and O–H groups in total. The van der Waals surface area contributed by atoms with Gasteiger partial charge in [0.1, 0.15) is 22.3 Å². The van der Waals surface area contributed by atoms with Crippen LogP contribution in [0.25, 0.3) is 0 Å². The molecule has 1 spiro atoms. The fourth-order valence-electron chi connectivity index (χ4n) is 7.33. The molecular formula is C35H44N4O5S2. The molecule has 3 amide bonds. The number of nitrogens with zero attached hydrogens (tertiary/aromatic N) is 2. The molecule has 2 aliphatic carbocycles. The number of allylic oxidation sites excluding steroid dienone is 1. The minimum absolute atomic E-state index is 0.0135. The Balaban J connectivity index is 1.28. The first kappa shape index (κ1) is 31.6. The molecule has 0 aromatic heterocycles. The number of methoxy groups -OCH3 is 1. The van der Waals surface area contributed by atoms with Crippen LogP contribution in [0.4, 0.5) is 10.5 Å². The van der Waals surface area contributed by atoms with E-state index in [2.05, 4.69) is 56.6 Å². The quantitative estimate of drug-likeness (QED) is 0.402. The van der Waals surface area contributed by atoms with Gasteiger partial charge in [0.25, 0.3) is 5.91 Å². The van der Waals surface area contributed by atoms with Gasteiger partial charge in [0.05, 0.1) is 22.3 Å². The van der Waals surface area contributed by atoms with Gasteiger partial charge < -0.3 is 19.7 Å². The number of carbonyl (C=O) groups is 2. The van der Waals surface area contributed by atoms with Crippen molar-refractivity contribution >= 4 is 39.3 Å². The van der Waals surface area contributed by atoms with Gasteiger partial charge in [-0.1, -0.05) is 35.9 Å². The molecule has 2 fully saturated rings. The van der Waals surface area contributed by atoms with E-state index in [0.29, 0.717) is 36.8 Å². The Morgan fingerprint density at radius 2 is 2.04 bits per heavy atom. The van der Waals surface area contributed by atoms with Crippen LogP contribution in [0.15, 0.2) is 52.9 Å². The number of anilines is 1. The van der Waals surface area contributed by atoms with Crippen LogP contribution in [0.3, 0.4) is 0 Å². The van der Waals surface area contributed by atoms with E-state index in [1.54, 1.807) is 13.2 Å². The van der Waals surface area contributed by atoms with E-state index < -0.39 is 21.9 Å². The summed E-state index contributed by atoms with van der Waals surface area (Å²) in [6, 6.07) is 11.7. The van der Waals surface area contributed by atoms with E-state index in [-0.39, 0.29) is 22.6 Å². The van der Waals surface area contributed by atoms with Crippen molar-refractivity contribution < 1.29 is 23.3 Å². The van der Waals surface area contributed by atoms with Crippen molar-refractivity contribution in [3.05, 3.63) is 70.8 Å². The average Bonchev–Trinajstić information content (AvgIpc) is 3.85. The van der Waals surface area contributed by atoms with E-state index >= 15 is 0 Å². The molecule has 2 saturated carbocycles. The van der Waals surface area contributed by atoms with Crippen molar-refractivity contribution in [2.45, 2.75) is 68.8 Å². The first-order valence-corrected chi connectivity index (χ1v) is 19.2. The number of aryl methyl sites for hydroxylation is 2. The van der Waals surface area contributed by atoms with Gasteiger partial charge >= 0.3 is 6.03 Å². The first-order valence-electron chi connectivity index (χ1n) is 16.6. The third kappa shape index (κ3) is 6.55. The number of amides is 3. The first-order chi connectivity index (χ1) is 22.2. The number of hydrogen-bond acceptors (Lipinski definition) is 7. The maximum absolute atomic E-state index is 14.0. The molecule has 0 saturated heterocycles. The van der Waals surface area contributed by atoms with Gasteiger partial charge in [0.2, 0.25) is 0 Å². The maximum atomic E-state index is 14.0. The van der Waals surface area contributed by atoms with Gasteiger partial charge in [-0.25, -0.2) is 9.00 Å². The predicted octanol–water partition coefficient (Wildman–Crippen LogP) is 5.75. The number of fused-ring (bicyclic) bond motifs is 4. The summed E-state index contributed by atoms with van der Waals surface area (Å²) in [6.07, 6.45) is 10.4. The van der Waals surface area contributed by atoms with Crippen molar-refractivity contribution in [3.63, 3.8) is 0 Å². The summed E-state index contributed by atoms with van der Waals surface area (Å²) in [5, 5.41) is 2.81. The minimum Gasteiger partial charge on any atom is -0.490 e. The number of hydrogen-bond donors (Lipinski definition) is 2. The second-order valence-electron chi connectivity index (χ2n) is 13.5. The Kier molecular flexibility index (Phi) is 8.84. The highest BCUT2D eigenvalue weighted by Gasteiger charge is 2.45.